The van der Waals surface area contributed by atoms with Gasteiger partial charge in [0.05, 0.1) is 4.92 Å². The van der Waals surface area contributed by atoms with Crippen LogP contribution in [0.1, 0.15) is 39.2 Å². The summed E-state index contributed by atoms with van der Waals surface area (Å²) in [7, 11) is 0. The van der Waals surface area contributed by atoms with Crippen molar-refractivity contribution < 1.29 is 4.92 Å². The molecule has 0 amide bonds. The zero-order chi connectivity index (χ0) is 15.7. The molecule has 1 atom stereocenters. The van der Waals surface area contributed by atoms with Gasteiger partial charge in [-0.1, -0.05) is 26.0 Å². The van der Waals surface area contributed by atoms with Crippen LogP contribution in [0.5, 0.6) is 0 Å². The van der Waals surface area contributed by atoms with E-state index in [-0.39, 0.29) is 10.6 Å². The number of rotatable bonds is 10. The molecule has 1 unspecified atom stereocenters. The lowest BCUT2D eigenvalue weighted by Gasteiger charge is -2.19. The topological polar surface area (TPSA) is 58.4 Å². The van der Waals surface area contributed by atoms with Crippen LogP contribution in [-0.2, 0) is 6.54 Å². The molecule has 0 aliphatic heterocycles. The number of nitro groups is 1. The predicted octanol–water partition coefficient (Wildman–Crippen LogP) is 3.19. The van der Waals surface area contributed by atoms with E-state index in [9.17, 15) is 10.1 Å². The zero-order valence-corrected chi connectivity index (χ0v) is 13.3. The number of hydrogen-bond acceptors (Lipinski definition) is 4. The van der Waals surface area contributed by atoms with Gasteiger partial charge in [-0.2, -0.15) is 0 Å². The summed E-state index contributed by atoms with van der Waals surface area (Å²) < 4.78 is 0. The van der Waals surface area contributed by atoms with Crippen LogP contribution in [0, 0.1) is 10.1 Å². The molecule has 21 heavy (non-hydrogen) atoms. The third-order valence-electron chi connectivity index (χ3n) is 3.78. The standard InChI is InChI=1S/C16H27N3O2/c1-4-18(5-2)11-7-8-14(3)17-13-15-9-6-10-16(12-15)19(20)21/h6,9-10,12,14,17H,4-5,7-8,11,13H2,1-3H3. The van der Waals surface area contributed by atoms with Crippen molar-refractivity contribution in [2.24, 2.45) is 0 Å². The molecule has 0 saturated carbocycles. The summed E-state index contributed by atoms with van der Waals surface area (Å²) in [5.41, 5.74) is 1.11. The maximum absolute atomic E-state index is 10.7. The molecule has 1 rings (SSSR count). The van der Waals surface area contributed by atoms with E-state index in [1.807, 2.05) is 6.07 Å². The molecule has 0 fully saturated rings. The van der Waals surface area contributed by atoms with Crippen molar-refractivity contribution >= 4 is 5.69 Å². The van der Waals surface area contributed by atoms with Crippen molar-refractivity contribution in [2.45, 2.75) is 46.2 Å². The van der Waals surface area contributed by atoms with Crippen LogP contribution < -0.4 is 5.32 Å². The molecule has 0 aliphatic carbocycles. The van der Waals surface area contributed by atoms with Crippen molar-refractivity contribution in [1.29, 1.82) is 0 Å². The fraction of sp³-hybridized carbons (Fsp3) is 0.625. The largest absolute Gasteiger partial charge is 0.310 e. The third kappa shape index (κ3) is 6.69. The van der Waals surface area contributed by atoms with E-state index < -0.39 is 0 Å². The average molecular weight is 293 g/mol. The van der Waals surface area contributed by atoms with Crippen molar-refractivity contribution in [2.75, 3.05) is 19.6 Å². The van der Waals surface area contributed by atoms with Gasteiger partial charge in [0, 0.05) is 24.7 Å². The summed E-state index contributed by atoms with van der Waals surface area (Å²) >= 11 is 0. The van der Waals surface area contributed by atoms with Gasteiger partial charge in [-0.3, -0.25) is 10.1 Å². The first kappa shape index (κ1) is 17.6. The molecule has 1 aromatic carbocycles. The lowest BCUT2D eigenvalue weighted by Crippen LogP contribution is -2.28. The third-order valence-corrected chi connectivity index (χ3v) is 3.78. The summed E-state index contributed by atoms with van der Waals surface area (Å²) in [5, 5.41) is 14.2. The Labute approximate surface area is 127 Å². The fourth-order valence-electron chi connectivity index (χ4n) is 2.34. The minimum Gasteiger partial charge on any atom is -0.310 e. The lowest BCUT2D eigenvalue weighted by molar-refractivity contribution is -0.384. The fourth-order valence-corrected chi connectivity index (χ4v) is 2.34. The molecular weight excluding hydrogens is 266 g/mol. The number of nitro benzene ring substituents is 1. The number of benzene rings is 1. The molecule has 1 aromatic rings. The Balaban J connectivity index is 2.31. The molecule has 0 heterocycles. The average Bonchev–Trinajstić information content (AvgIpc) is 2.50. The lowest BCUT2D eigenvalue weighted by atomic mass is 10.1. The van der Waals surface area contributed by atoms with Crippen molar-refractivity contribution in [1.82, 2.24) is 10.2 Å². The van der Waals surface area contributed by atoms with Gasteiger partial charge < -0.3 is 10.2 Å². The minimum atomic E-state index is -0.350. The van der Waals surface area contributed by atoms with Gasteiger partial charge in [0.25, 0.3) is 5.69 Å². The van der Waals surface area contributed by atoms with E-state index in [2.05, 4.69) is 31.0 Å². The molecule has 0 aromatic heterocycles. The van der Waals surface area contributed by atoms with Crippen LogP contribution in [0.2, 0.25) is 0 Å². The zero-order valence-electron chi connectivity index (χ0n) is 13.3. The van der Waals surface area contributed by atoms with E-state index >= 15 is 0 Å². The summed E-state index contributed by atoms with van der Waals surface area (Å²) in [4.78, 5) is 12.8. The maximum Gasteiger partial charge on any atom is 0.269 e. The highest BCUT2D eigenvalue weighted by atomic mass is 16.6. The van der Waals surface area contributed by atoms with Crippen molar-refractivity contribution in [3.8, 4) is 0 Å². The summed E-state index contributed by atoms with van der Waals surface area (Å²) in [6.07, 6.45) is 2.29. The number of nitrogens with one attached hydrogen (secondary N) is 1. The normalized spacial score (nSPS) is 12.6. The molecule has 0 aliphatic rings. The predicted molar refractivity (Wildman–Crippen MR) is 86.4 cm³/mol. The molecule has 5 nitrogen and oxygen atoms in total. The maximum atomic E-state index is 10.7. The van der Waals surface area contributed by atoms with Gasteiger partial charge >= 0.3 is 0 Å². The second-order valence-corrected chi connectivity index (χ2v) is 5.38. The Bertz CT molecular complexity index is 433. The monoisotopic (exact) mass is 293 g/mol. The number of non-ortho nitro benzene ring substituents is 1. The van der Waals surface area contributed by atoms with Crippen LogP contribution >= 0.6 is 0 Å². The Morgan fingerprint density at radius 3 is 2.67 bits per heavy atom. The first-order chi connectivity index (χ1) is 10.1. The van der Waals surface area contributed by atoms with Crippen molar-refractivity contribution in [3.05, 3.63) is 39.9 Å². The van der Waals surface area contributed by atoms with Crippen LogP contribution in [0.15, 0.2) is 24.3 Å². The number of nitrogens with zero attached hydrogens (tertiary/aromatic N) is 2. The van der Waals surface area contributed by atoms with E-state index in [4.69, 9.17) is 0 Å². The van der Waals surface area contributed by atoms with E-state index in [1.165, 1.54) is 12.5 Å². The Morgan fingerprint density at radius 1 is 1.33 bits per heavy atom. The Morgan fingerprint density at radius 2 is 2.05 bits per heavy atom. The smallest absolute Gasteiger partial charge is 0.269 e. The number of hydrogen-bond donors (Lipinski definition) is 1. The van der Waals surface area contributed by atoms with Crippen LogP contribution in [0.25, 0.3) is 0 Å². The van der Waals surface area contributed by atoms with Crippen LogP contribution in [0.4, 0.5) is 5.69 Å². The molecule has 0 bridgehead atoms. The summed E-state index contributed by atoms with van der Waals surface area (Å²) in [6.45, 7) is 10.6. The highest BCUT2D eigenvalue weighted by Crippen LogP contribution is 2.13. The second-order valence-electron chi connectivity index (χ2n) is 5.38. The van der Waals surface area contributed by atoms with Crippen LogP contribution in [0.3, 0.4) is 0 Å². The minimum absolute atomic E-state index is 0.156. The van der Waals surface area contributed by atoms with Gasteiger partial charge in [-0.05, 0) is 45.0 Å². The van der Waals surface area contributed by atoms with Gasteiger partial charge in [-0.15, -0.1) is 0 Å². The second kappa shape index (κ2) is 9.47. The molecule has 5 heteroatoms. The van der Waals surface area contributed by atoms with Gasteiger partial charge in [-0.25, -0.2) is 0 Å². The van der Waals surface area contributed by atoms with Gasteiger partial charge in [0.15, 0.2) is 0 Å². The quantitative estimate of drug-likeness (QED) is 0.531. The van der Waals surface area contributed by atoms with E-state index in [0.717, 1.165) is 31.6 Å². The van der Waals surface area contributed by atoms with Crippen molar-refractivity contribution in [3.63, 3.8) is 0 Å². The SMILES string of the molecule is CCN(CC)CCCC(C)NCc1cccc([N+](=O)[O-])c1. The Hall–Kier alpha value is -1.46. The first-order valence-electron chi connectivity index (χ1n) is 7.75. The van der Waals surface area contributed by atoms with Gasteiger partial charge in [0.2, 0.25) is 0 Å². The molecule has 118 valence electrons. The van der Waals surface area contributed by atoms with Gasteiger partial charge in [0.1, 0.15) is 0 Å². The highest BCUT2D eigenvalue weighted by Gasteiger charge is 2.07. The van der Waals surface area contributed by atoms with Crippen LogP contribution in [-0.4, -0.2) is 35.5 Å². The summed E-state index contributed by atoms with van der Waals surface area (Å²) in [6, 6.07) is 7.23. The molecule has 0 saturated heterocycles. The molecular formula is C16H27N3O2. The molecule has 1 N–H and O–H groups in total. The molecule has 0 radical (unpaired) electrons. The first-order valence-corrected chi connectivity index (χ1v) is 7.75. The highest BCUT2D eigenvalue weighted by molar-refractivity contribution is 5.34. The molecule has 0 spiro atoms. The Kier molecular flexibility index (Phi) is 7.93. The summed E-state index contributed by atoms with van der Waals surface area (Å²) in [5.74, 6) is 0. The van der Waals surface area contributed by atoms with E-state index in [1.54, 1.807) is 12.1 Å². The van der Waals surface area contributed by atoms with E-state index in [0.29, 0.717) is 12.6 Å².